The molecule has 0 spiro atoms. The van der Waals surface area contributed by atoms with Gasteiger partial charge in [0.1, 0.15) is 0 Å². The Labute approximate surface area is 173 Å². The van der Waals surface area contributed by atoms with E-state index in [9.17, 15) is 4.79 Å². The third kappa shape index (κ3) is 4.15. The van der Waals surface area contributed by atoms with Gasteiger partial charge in [-0.15, -0.1) is 24.0 Å². The molecule has 3 rings (SSSR count). The number of aliphatic imine (C=N–C) groups is 1. The van der Waals surface area contributed by atoms with Crippen LogP contribution < -0.4 is 5.73 Å². The van der Waals surface area contributed by atoms with Crippen LogP contribution in [-0.4, -0.2) is 58.1 Å². The Kier molecular flexibility index (Phi) is 6.92. The number of nitrogens with two attached hydrogens (primary N) is 1. The van der Waals surface area contributed by atoms with Gasteiger partial charge in [-0.05, 0) is 25.7 Å². The van der Waals surface area contributed by atoms with E-state index < -0.39 is 0 Å². The van der Waals surface area contributed by atoms with Crippen LogP contribution in [0.4, 0.5) is 0 Å². The summed E-state index contributed by atoms with van der Waals surface area (Å²) in [7, 11) is 3.80. The summed E-state index contributed by atoms with van der Waals surface area (Å²) in [6, 6.07) is 0.0260. The van der Waals surface area contributed by atoms with Crippen LogP contribution in [0.5, 0.6) is 0 Å². The van der Waals surface area contributed by atoms with E-state index in [4.69, 9.17) is 5.73 Å². The summed E-state index contributed by atoms with van der Waals surface area (Å²) >= 11 is 0. The molecule has 2 N–H and O–H groups in total. The number of aromatic nitrogens is 2. The van der Waals surface area contributed by atoms with Gasteiger partial charge in [-0.3, -0.25) is 14.5 Å². The molecule has 1 aromatic heterocycles. The highest BCUT2D eigenvalue weighted by Gasteiger charge is 2.40. The smallest absolute Gasteiger partial charge is 0.223 e. The molecule has 8 heteroatoms. The third-order valence-corrected chi connectivity index (χ3v) is 5.75. The Bertz CT molecular complexity index is 673. The van der Waals surface area contributed by atoms with E-state index in [0.29, 0.717) is 24.8 Å². The standard InChI is InChI=1S/C18H30N6O.HI/c1-12-6-5-7-24(11-12)18(19)20-9-14-8-16(25)22(3)17(14)15-10-21-23(4)13(15)2;/h10,12,14,17H,5-9,11H2,1-4H3,(H2,19,20);1H/t12?,14-,17+;/m0./s1. The first-order valence-electron chi connectivity index (χ1n) is 9.17. The van der Waals surface area contributed by atoms with Crippen molar-refractivity contribution in [2.75, 3.05) is 26.7 Å². The van der Waals surface area contributed by atoms with Crippen molar-refractivity contribution >= 4 is 35.8 Å². The zero-order valence-corrected chi connectivity index (χ0v) is 18.5. The molecule has 2 fully saturated rings. The Morgan fingerprint density at radius 2 is 2.15 bits per heavy atom. The van der Waals surface area contributed by atoms with Crippen LogP contribution in [0.3, 0.4) is 0 Å². The number of likely N-dealkylation sites (tertiary alicyclic amines) is 2. The highest BCUT2D eigenvalue weighted by atomic mass is 127. The summed E-state index contributed by atoms with van der Waals surface area (Å²) in [6.07, 6.45) is 4.82. The summed E-state index contributed by atoms with van der Waals surface area (Å²) in [5, 5.41) is 4.34. The first kappa shape index (κ1) is 21.0. The number of nitrogens with zero attached hydrogens (tertiary/aromatic N) is 5. The maximum Gasteiger partial charge on any atom is 0.223 e. The number of hydrogen-bond acceptors (Lipinski definition) is 3. The monoisotopic (exact) mass is 474 g/mol. The van der Waals surface area contributed by atoms with Gasteiger partial charge in [-0.25, -0.2) is 0 Å². The van der Waals surface area contributed by atoms with Gasteiger partial charge in [-0.1, -0.05) is 6.92 Å². The van der Waals surface area contributed by atoms with Gasteiger partial charge < -0.3 is 15.5 Å². The molecular formula is C18H31IN6O. The van der Waals surface area contributed by atoms with Gasteiger partial charge in [0.25, 0.3) is 0 Å². The number of aryl methyl sites for hydroxylation is 1. The average Bonchev–Trinajstić information content (AvgIpc) is 3.05. The Balaban J connectivity index is 0.00000243. The molecule has 0 radical (unpaired) electrons. The summed E-state index contributed by atoms with van der Waals surface area (Å²) in [6.45, 7) is 6.83. The Morgan fingerprint density at radius 1 is 1.42 bits per heavy atom. The highest BCUT2D eigenvalue weighted by molar-refractivity contribution is 14.0. The van der Waals surface area contributed by atoms with E-state index in [2.05, 4.69) is 21.9 Å². The van der Waals surface area contributed by atoms with Crippen LogP contribution in [0.2, 0.25) is 0 Å². The predicted octanol–water partition coefficient (Wildman–Crippen LogP) is 1.91. The van der Waals surface area contributed by atoms with Gasteiger partial charge in [0, 0.05) is 57.3 Å². The molecule has 1 unspecified atom stereocenters. The van der Waals surface area contributed by atoms with Crippen molar-refractivity contribution in [3.8, 4) is 0 Å². The van der Waals surface area contributed by atoms with Crippen molar-refractivity contribution < 1.29 is 4.79 Å². The molecular weight excluding hydrogens is 443 g/mol. The lowest BCUT2D eigenvalue weighted by molar-refractivity contribution is -0.127. The Hall–Kier alpha value is -1.32. The van der Waals surface area contributed by atoms with Gasteiger partial charge in [-0.2, -0.15) is 5.10 Å². The number of carbonyl (C=O) groups excluding carboxylic acids is 1. The molecule has 7 nitrogen and oxygen atoms in total. The van der Waals surface area contributed by atoms with Crippen LogP contribution in [0.15, 0.2) is 11.2 Å². The number of piperidine rings is 1. The number of hydrogen-bond donors (Lipinski definition) is 1. The van der Waals surface area contributed by atoms with Crippen molar-refractivity contribution in [2.45, 2.75) is 39.2 Å². The fourth-order valence-electron chi connectivity index (χ4n) is 4.09. The summed E-state index contributed by atoms with van der Waals surface area (Å²) in [5.41, 5.74) is 8.45. The van der Waals surface area contributed by atoms with E-state index in [1.165, 1.54) is 12.8 Å². The van der Waals surface area contributed by atoms with Crippen molar-refractivity contribution in [3.63, 3.8) is 0 Å². The van der Waals surface area contributed by atoms with E-state index in [1.54, 1.807) is 0 Å². The highest BCUT2D eigenvalue weighted by Crippen LogP contribution is 2.38. The molecule has 26 heavy (non-hydrogen) atoms. The van der Waals surface area contributed by atoms with Crippen molar-refractivity contribution in [1.29, 1.82) is 0 Å². The second kappa shape index (κ2) is 8.58. The van der Waals surface area contributed by atoms with E-state index in [-0.39, 0.29) is 41.8 Å². The molecule has 2 aliphatic rings. The molecule has 1 aromatic rings. The number of guanidine groups is 1. The minimum Gasteiger partial charge on any atom is -0.370 e. The lowest BCUT2D eigenvalue weighted by Crippen LogP contribution is -2.43. The maximum absolute atomic E-state index is 12.3. The summed E-state index contributed by atoms with van der Waals surface area (Å²) in [4.78, 5) is 21.0. The van der Waals surface area contributed by atoms with E-state index >= 15 is 0 Å². The SMILES string of the molecule is Cc1c([C@H]2[C@H](CN=C(N)N3CCCC(C)C3)CC(=O)N2C)cnn1C.I. The molecule has 146 valence electrons. The fraction of sp³-hybridized carbons (Fsp3) is 0.722. The van der Waals surface area contributed by atoms with Gasteiger partial charge in [0.2, 0.25) is 5.91 Å². The fourth-order valence-corrected chi connectivity index (χ4v) is 4.09. The number of amides is 1. The maximum atomic E-state index is 12.3. The van der Waals surface area contributed by atoms with Crippen LogP contribution in [-0.2, 0) is 11.8 Å². The number of halogens is 1. The second-order valence-electron chi connectivity index (χ2n) is 7.61. The summed E-state index contributed by atoms with van der Waals surface area (Å²) in [5.74, 6) is 1.59. The first-order valence-corrected chi connectivity index (χ1v) is 9.17. The van der Waals surface area contributed by atoms with Crippen LogP contribution in [0.1, 0.15) is 43.5 Å². The van der Waals surface area contributed by atoms with Crippen molar-refractivity contribution in [1.82, 2.24) is 19.6 Å². The second-order valence-corrected chi connectivity index (χ2v) is 7.61. The largest absolute Gasteiger partial charge is 0.370 e. The minimum absolute atomic E-state index is 0. The predicted molar refractivity (Wildman–Crippen MR) is 113 cm³/mol. The van der Waals surface area contributed by atoms with E-state index in [1.807, 2.05) is 36.8 Å². The summed E-state index contributed by atoms with van der Waals surface area (Å²) < 4.78 is 1.86. The van der Waals surface area contributed by atoms with Gasteiger partial charge in [0.05, 0.1) is 12.2 Å². The molecule has 3 atom stereocenters. The molecule has 2 aliphatic heterocycles. The van der Waals surface area contributed by atoms with E-state index in [0.717, 1.165) is 24.3 Å². The van der Waals surface area contributed by atoms with Gasteiger partial charge in [0.15, 0.2) is 5.96 Å². The normalized spacial score (nSPS) is 27.0. The topological polar surface area (TPSA) is 79.8 Å². The number of rotatable bonds is 3. The zero-order chi connectivity index (χ0) is 18.1. The molecule has 2 saturated heterocycles. The molecule has 0 aliphatic carbocycles. The van der Waals surface area contributed by atoms with Crippen LogP contribution in [0.25, 0.3) is 0 Å². The quantitative estimate of drug-likeness (QED) is 0.413. The lowest BCUT2D eigenvalue weighted by Gasteiger charge is -2.32. The van der Waals surface area contributed by atoms with Crippen LogP contribution >= 0.6 is 24.0 Å². The molecule has 0 bridgehead atoms. The zero-order valence-electron chi connectivity index (χ0n) is 16.2. The minimum atomic E-state index is 0. The molecule has 0 saturated carbocycles. The molecule has 0 aromatic carbocycles. The average molecular weight is 474 g/mol. The Morgan fingerprint density at radius 3 is 2.77 bits per heavy atom. The molecule has 3 heterocycles. The van der Waals surface area contributed by atoms with Gasteiger partial charge >= 0.3 is 0 Å². The molecule has 1 amide bonds. The van der Waals surface area contributed by atoms with Crippen LogP contribution in [0, 0.1) is 18.8 Å². The van der Waals surface area contributed by atoms with Crippen molar-refractivity contribution in [2.24, 2.45) is 29.6 Å². The van der Waals surface area contributed by atoms with Crippen molar-refractivity contribution in [3.05, 3.63) is 17.5 Å². The lowest BCUT2D eigenvalue weighted by atomic mass is 9.94. The first-order chi connectivity index (χ1) is 11.9. The number of carbonyl (C=O) groups is 1. The third-order valence-electron chi connectivity index (χ3n) is 5.75.